The minimum absolute atomic E-state index is 0.0129. The number of carbonyl (C=O) groups is 1. The molecule has 0 spiro atoms. The number of aliphatic hydroxyl groups excluding tert-OH is 1. The van der Waals surface area contributed by atoms with Crippen molar-refractivity contribution in [3.8, 4) is 29.2 Å². The fourth-order valence-electron chi connectivity index (χ4n) is 9.27. The van der Waals surface area contributed by atoms with Crippen LogP contribution in [0.3, 0.4) is 0 Å². The molecule has 8 rings (SSSR count). The first kappa shape index (κ1) is 40.3. The number of anilines is 2. The van der Waals surface area contributed by atoms with Crippen molar-refractivity contribution in [1.29, 1.82) is 5.26 Å². The van der Waals surface area contributed by atoms with Crippen LogP contribution in [0.15, 0.2) is 12.1 Å². The SMILES string of the molecule is COc1nc(-c2ccc(F)c3sc(NC(=O)OC(C)(C)C)c(C#N)c23)c(F)c2nc(OCC34CCCC3N(C3CCOCC3)CCC4)nc(N3CCOCC(O)C3)c12. The maximum absolute atomic E-state index is 17.5. The highest BCUT2D eigenvalue weighted by molar-refractivity contribution is 7.23. The zero-order valence-corrected chi connectivity index (χ0v) is 34.1. The van der Waals surface area contributed by atoms with Crippen molar-refractivity contribution in [2.45, 2.75) is 89.5 Å². The number of hydrogen-bond donors (Lipinski definition) is 2. The number of halogens is 2. The molecule has 58 heavy (non-hydrogen) atoms. The summed E-state index contributed by atoms with van der Waals surface area (Å²) in [6.45, 7) is 8.87. The Balaban J connectivity index is 1.24. The minimum Gasteiger partial charge on any atom is -0.480 e. The van der Waals surface area contributed by atoms with Crippen molar-refractivity contribution in [3.63, 3.8) is 0 Å². The third-order valence-corrected chi connectivity index (χ3v) is 12.8. The second kappa shape index (κ2) is 16.3. The number of aliphatic hydroxyl groups is 1. The number of benzene rings is 1. The number of ether oxygens (including phenoxy) is 5. The summed E-state index contributed by atoms with van der Waals surface area (Å²) in [5, 5.41) is 23.9. The van der Waals surface area contributed by atoms with Gasteiger partial charge in [-0.1, -0.05) is 6.42 Å². The van der Waals surface area contributed by atoms with Gasteiger partial charge in [0.05, 0.1) is 43.3 Å². The van der Waals surface area contributed by atoms with Crippen molar-refractivity contribution < 1.29 is 42.4 Å². The van der Waals surface area contributed by atoms with Crippen LogP contribution in [0.1, 0.15) is 71.3 Å². The lowest BCUT2D eigenvalue weighted by molar-refractivity contribution is -0.0511. The molecule has 17 heteroatoms. The number of nitriles is 1. The van der Waals surface area contributed by atoms with Gasteiger partial charge in [-0.2, -0.15) is 15.2 Å². The molecule has 0 bridgehead atoms. The molecule has 1 aromatic carbocycles. The third-order valence-electron chi connectivity index (χ3n) is 11.7. The highest BCUT2D eigenvalue weighted by Gasteiger charge is 2.50. The van der Waals surface area contributed by atoms with Crippen molar-refractivity contribution in [3.05, 3.63) is 29.3 Å². The Kier molecular flexibility index (Phi) is 11.3. The van der Waals surface area contributed by atoms with E-state index >= 15 is 8.78 Å². The Hall–Kier alpha value is -4.47. The van der Waals surface area contributed by atoms with Crippen LogP contribution in [0.25, 0.3) is 32.2 Å². The molecule has 14 nitrogen and oxygen atoms in total. The van der Waals surface area contributed by atoms with Gasteiger partial charge in [0.25, 0.3) is 0 Å². The van der Waals surface area contributed by atoms with Gasteiger partial charge in [-0.3, -0.25) is 10.2 Å². The molecule has 6 heterocycles. The molecule has 310 valence electrons. The van der Waals surface area contributed by atoms with Crippen LogP contribution in [-0.2, 0) is 14.2 Å². The monoisotopic (exact) mass is 821 g/mol. The number of nitrogens with zero attached hydrogens (tertiary/aromatic N) is 6. The van der Waals surface area contributed by atoms with E-state index in [1.54, 1.807) is 25.7 Å². The topological polar surface area (TPSA) is 164 Å². The summed E-state index contributed by atoms with van der Waals surface area (Å²) in [5.41, 5.74) is -1.37. The molecular weight excluding hydrogens is 773 g/mol. The zero-order chi connectivity index (χ0) is 40.8. The van der Waals surface area contributed by atoms with E-state index in [1.807, 2.05) is 0 Å². The van der Waals surface area contributed by atoms with Crippen LogP contribution in [-0.4, -0.2) is 115 Å². The summed E-state index contributed by atoms with van der Waals surface area (Å²) in [6, 6.07) is 5.34. The first-order valence-corrected chi connectivity index (χ1v) is 20.8. The standard InChI is InChI=1S/C41H49F2N7O7S/c1-40(2,3)57-39(52)48-37-26(19-44)29-25(8-9-27(42)34(29)58-37)32-31(43)33-30(36(45-32)53-4)35(49-15-18-55-21-24(51)20-49)47-38(46-33)56-22-41-12-5-7-28(41)50(14-6-13-41)23-10-16-54-17-11-23/h8-9,23-24,28,51H,5-7,10-18,20-22H2,1-4H3,(H,48,52). The Labute approximate surface area is 339 Å². The molecule has 3 saturated heterocycles. The number of hydrogen-bond acceptors (Lipinski definition) is 14. The van der Waals surface area contributed by atoms with Gasteiger partial charge in [-0.05, 0) is 78.0 Å². The number of pyridine rings is 1. The lowest BCUT2D eigenvalue weighted by Gasteiger charge is -2.50. The summed E-state index contributed by atoms with van der Waals surface area (Å²) in [5.74, 6) is -1.31. The van der Waals surface area contributed by atoms with Crippen LogP contribution in [0, 0.1) is 28.4 Å². The van der Waals surface area contributed by atoms with Crippen LogP contribution in [0.4, 0.5) is 24.4 Å². The zero-order valence-electron chi connectivity index (χ0n) is 33.2. The number of nitrogens with one attached hydrogen (secondary N) is 1. The van der Waals surface area contributed by atoms with E-state index in [4.69, 9.17) is 33.7 Å². The maximum atomic E-state index is 17.5. The van der Waals surface area contributed by atoms with Gasteiger partial charge in [0.15, 0.2) is 5.82 Å². The quantitative estimate of drug-likeness (QED) is 0.191. The van der Waals surface area contributed by atoms with Gasteiger partial charge >= 0.3 is 12.1 Å². The molecule has 3 unspecified atom stereocenters. The molecule has 2 N–H and O–H groups in total. The number of amides is 1. The fourth-order valence-corrected chi connectivity index (χ4v) is 10.3. The fraction of sp³-hybridized carbons (Fsp3) is 0.585. The highest BCUT2D eigenvalue weighted by Crippen LogP contribution is 2.50. The van der Waals surface area contributed by atoms with Crippen LogP contribution < -0.4 is 19.7 Å². The lowest BCUT2D eigenvalue weighted by atomic mass is 9.74. The van der Waals surface area contributed by atoms with Crippen molar-refractivity contribution in [2.75, 3.05) is 70.0 Å². The largest absolute Gasteiger partial charge is 0.480 e. The predicted octanol–water partition coefficient (Wildman–Crippen LogP) is 6.80. The first-order valence-electron chi connectivity index (χ1n) is 20.0. The lowest BCUT2D eigenvalue weighted by Crippen LogP contribution is -2.56. The Bertz CT molecular complexity index is 2240. The molecule has 3 atom stereocenters. The number of aromatic nitrogens is 3. The van der Waals surface area contributed by atoms with Gasteiger partial charge in [0.2, 0.25) is 5.88 Å². The summed E-state index contributed by atoms with van der Waals surface area (Å²) in [4.78, 5) is 31.4. The van der Waals surface area contributed by atoms with Gasteiger partial charge in [-0.25, -0.2) is 18.6 Å². The Morgan fingerprint density at radius 3 is 2.64 bits per heavy atom. The number of rotatable bonds is 8. The van der Waals surface area contributed by atoms with Gasteiger partial charge < -0.3 is 33.7 Å². The first-order chi connectivity index (χ1) is 27.9. The molecule has 1 saturated carbocycles. The number of fused-ring (bicyclic) bond motifs is 3. The molecule has 3 aliphatic heterocycles. The van der Waals surface area contributed by atoms with E-state index in [0.717, 1.165) is 82.1 Å². The summed E-state index contributed by atoms with van der Waals surface area (Å²) in [6.07, 6.45) is 5.53. The normalized spacial score (nSPS) is 23.4. The van der Waals surface area contributed by atoms with E-state index in [-0.39, 0.29) is 85.7 Å². The molecule has 4 fully saturated rings. The third kappa shape index (κ3) is 7.72. The van der Waals surface area contributed by atoms with Crippen LogP contribution in [0.5, 0.6) is 11.9 Å². The maximum Gasteiger partial charge on any atom is 0.412 e. The number of methoxy groups -OCH3 is 1. The smallest absolute Gasteiger partial charge is 0.412 e. The second-order valence-corrected chi connectivity index (χ2v) is 17.6. The van der Waals surface area contributed by atoms with E-state index in [2.05, 4.69) is 21.3 Å². The molecule has 4 aromatic rings. The molecule has 1 aliphatic carbocycles. The number of piperidine rings is 1. The Morgan fingerprint density at radius 2 is 1.88 bits per heavy atom. The molecular formula is C41H49F2N7O7S. The van der Waals surface area contributed by atoms with Gasteiger partial charge in [-0.15, -0.1) is 11.3 Å². The van der Waals surface area contributed by atoms with Crippen LogP contribution in [0.2, 0.25) is 0 Å². The van der Waals surface area contributed by atoms with E-state index < -0.39 is 29.4 Å². The number of likely N-dealkylation sites (tertiary alicyclic amines) is 1. The van der Waals surface area contributed by atoms with E-state index in [1.165, 1.54) is 13.2 Å². The van der Waals surface area contributed by atoms with E-state index in [9.17, 15) is 15.2 Å². The highest BCUT2D eigenvalue weighted by atomic mass is 32.1. The number of β-amino-alcohol motifs (C(OH)–C–C–N with tert-alkyl or cyclic N) is 1. The average Bonchev–Trinajstić information content (AvgIpc) is 3.73. The second-order valence-electron chi connectivity index (χ2n) is 16.6. The Morgan fingerprint density at radius 1 is 1.09 bits per heavy atom. The van der Waals surface area contributed by atoms with E-state index in [0.29, 0.717) is 25.2 Å². The van der Waals surface area contributed by atoms with Crippen LogP contribution >= 0.6 is 11.3 Å². The predicted molar refractivity (Wildman–Crippen MR) is 214 cm³/mol. The van der Waals surface area contributed by atoms with Crippen molar-refractivity contribution in [2.24, 2.45) is 5.41 Å². The van der Waals surface area contributed by atoms with Crippen molar-refractivity contribution in [1.82, 2.24) is 19.9 Å². The average molecular weight is 822 g/mol. The summed E-state index contributed by atoms with van der Waals surface area (Å²) < 4.78 is 62.0. The molecule has 0 radical (unpaired) electrons. The summed E-state index contributed by atoms with van der Waals surface area (Å²) in [7, 11) is 1.39. The van der Waals surface area contributed by atoms with Gasteiger partial charge in [0.1, 0.15) is 44.9 Å². The molecule has 4 aliphatic rings. The summed E-state index contributed by atoms with van der Waals surface area (Å²) >= 11 is 0.831. The number of thiophene rings is 1. The van der Waals surface area contributed by atoms with Crippen molar-refractivity contribution >= 4 is 49.2 Å². The number of carbonyl (C=O) groups excluding carboxylic acids is 1. The van der Waals surface area contributed by atoms with Gasteiger partial charge in [0, 0.05) is 54.8 Å². The minimum atomic E-state index is -0.874. The molecule has 1 amide bonds. The molecule has 3 aromatic heterocycles.